The standard InChI is InChI=1S/C15H18N2O3/c1-2-3-15-16-14(17-20-15)9-19-11-5-6-12-10(8-11)4-7-13(12)18/h5-6,8,13,18H,2-4,7,9H2,1H3/t13-/m0/s1. The fourth-order valence-electron chi connectivity index (χ4n) is 2.47. The lowest BCUT2D eigenvalue weighted by Crippen LogP contribution is -1.99. The Hall–Kier alpha value is -1.88. The Morgan fingerprint density at radius 1 is 1.45 bits per heavy atom. The molecule has 0 aliphatic heterocycles. The van der Waals surface area contributed by atoms with E-state index < -0.39 is 0 Å². The Balaban J connectivity index is 1.63. The molecule has 2 aromatic rings. The number of aliphatic hydroxyl groups excluding tert-OH is 1. The van der Waals surface area contributed by atoms with Crippen LogP contribution in [0.15, 0.2) is 22.7 Å². The second-order valence-corrected chi connectivity index (χ2v) is 5.06. The molecule has 0 fully saturated rings. The number of aromatic nitrogens is 2. The highest BCUT2D eigenvalue weighted by Gasteiger charge is 2.20. The highest BCUT2D eigenvalue weighted by molar-refractivity contribution is 5.39. The molecule has 1 aliphatic rings. The number of nitrogens with zero attached hydrogens (tertiary/aromatic N) is 2. The Kier molecular flexibility index (Phi) is 3.69. The van der Waals surface area contributed by atoms with Crippen molar-refractivity contribution in [2.24, 2.45) is 0 Å². The van der Waals surface area contributed by atoms with Gasteiger partial charge in [0.15, 0.2) is 6.61 Å². The maximum Gasteiger partial charge on any atom is 0.226 e. The largest absolute Gasteiger partial charge is 0.485 e. The van der Waals surface area contributed by atoms with Crippen molar-refractivity contribution in [1.29, 1.82) is 0 Å². The van der Waals surface area contributed by atoms with Gasteiger partial charge in [0.1, 0.15) is 5.75 Å². The van der Waals surface area contributed by atoms with Gasteiger partial charge in [0.25, 0.3) is 0 Å². The average molecular weight is 274 g/mol. The van der Waals surface area contributed by atoms with E-state index in [0.29, 0.717) is 18.3 Å². The smallest absolute Gasteiger partial charge is 0.226 e. The first-order valence-corrected chi connectivity index (χ1v) is 7.01. The van der Waals surface area contributed by atoms with E-state index >= 15 is 0 Å². The first-order chi connectivity index (χ1) is 9.76. The zero-order valence-corrected chi connectivity index (χ0v) is 11.5. The summed E-state index contributed by atoms with van der Waals surface area (Å²) in [5.74, 6) is 2.00. The topological polar surface area (TPSA) is 68.4 Å². The van der Waals surface area contributed by atoms with Gasteiger partial charge < -0.3 is 14.4 Å². The van der Waals surface area contributed by atoms with Gasteiger partial charge in [-0.1, -0.05) is 18.1 Å². The van der Waals surface area contributed by atoms with E-state index in [1.54, 1.807) is 0 Å². The number of rotatable bonds is 5. The number of ether oxygens (including phenoxy) is 1. The minimum Gasteiger partial charge on any atom is -0.485 e. The van der Waals surface area contributed by atoms with Crippen molar-refractivity contribution < 1.29 is 14.4 Å². The predicted molar refractivity (Wildman–Crippen MR) is 72.3 cm³/mol. The van der Waals surface area contributed by atoms with Crippen molar-refractivity contribution in [2.45, 2.75) is 45.3 Å². The van der Waals surface area contributed by atoms with Crippen molar-refractivity contribution in [3.8, 4) is 5.75 Å². The third-order valence-corrected chi connectivity index (χ3v) is 3.50. The summed E-state index contributed by atoms with van der Waals surface area (Å²) in [7, 11) is 0. The number of fused-ring (bicyclic) bond motifs is 1. The zero-order chi connectivity index (χ0) is 13.9. The summed E-state index contributed by atoms with van der Waals surface area (Å²) in [5.41, 5.74) is 2.18. The second kappa shape index (κ2) is 5.63. The molecule has 0 bridgehead atoms. The fourth-order valence-corrected chi connectivity index (χ4v) is 2.47. The molecule has 0 saturated carbocycles. The van der Waals surface area contributed by atoms with Crippen LogP contribution in [0.4, 0.5) is 0 Å². The summed E-state index contributed by atoms with van der Waals surface area (Å²) < 4.78 is 10.8. The molecule has 0 spiro atoms. The Labute approximate surface area is 117 Å². The molecule has 1 heterocycles. The maximum absolute atomic E-state index is 9.76. The van der Waals surface area contributed by atoms with E-state index in [-0.39, 0.29) is 6.10 Å². The van der Waals surface area contributed by atoms with E-state index in [1.165, 1.54) is 0 Å². The van der Waals surface area contributed by atoms with Crippen LogP contribution < -0.4 is 4.74 Å². The molecule has 5 heteroatoms. The summed E-state index contributed by atoms with van der Waals surface area (Å²) in [5, 5.41) is 13.6. The maximum atomic E-state index is 9.76. The second-order valence-electron chi connectivity index (χ2n) is 5.06. The molecule has 106 valence electrons. The quantitative estimate of drug-likeness (QED) is 0.907. The van der Waals surface area contributed by atoms with Crippen LogP contribution >= 0.6 is 0 Å². The lowest BCUT2D eigenvalue weighted by molar-refractivity contribution is 0.180. The van der Waals surface area contributed by atoms with Crippen LogP contribution in [0.5, 0.6) is 5.75 Å². The molecule has 0 radical (unpaired) electrons. The summed E-state index contributed by atoms with van der Waals surface area (Å²) in [6.45, 7) is 2.37. The number of aliphatic hydroxyl groups is 1. The van der Waals surface area contributed by atoms with Gasteiger partial charge in [-0.05, 0) is 42.5 Å². The van der Waals surface area contributed by atoms with Gasteiger partial charge in [-0.3, -0.25) is 0 Å². The average Bonchev–Trinajstić information content (AvgIpc) is 3.04. The van der Waals surface area contributed by atoms with Crippen LogP contribution in [-0.2, 0) is 19.4 Å². The number of hydrogen-bond acceptors (Lipinski definition) is 5. The van der Waals surface area contributed by atoms with E-state index in [1.807, 2.05) is 18.2 Å². The Bertz CT molecular complexity index is 595. The fraction of sp³-hybridized carbons (Fsp3) is 0.467. The summed E-state index contributed by atoms with van der Waals surface area (Å²) >= 11 is 0. The summed E-state index contributed by atoms with van der Waals surface area (Å²) in [4.78, 5) is 4.26. The van der Waals surface area contributed by atoms with E-state index in [2.05, 4.69) is 17.1 Å². The molecular formula is C15H18N2O3. The van der Waals surface area contributed by atoms with Gasteiger partial charge in [0.2, 0.25) is 11.7 Å². The van der Waals surface area contributed by atoms with Crippen molar-refractivity contribution >= 4 is 0 Å². The highest BCUT2D eigenvalue weighted by atomic mass is 16.5. The zero-order valence-electron chi connectivity index (χ0n) is 11.5. The molecular weight excluding hydrogens is 256 g/mol. The van der Waals surface area contributed by atoms with Crippen LogP contribution in [0.3, 0.4) is 0 Å². The molecule has 0 amide bonds. The van der Waals surface area contributed by atoms with Crippen molar-refractivity contribution in [1.82, 2.24) is 10.1 Å². The monoisotopic (exact) mass is 274 g/mol. The normalized spacial score (nSPS) is 17.2. The number of hydrogen-bond donors (Lipinski definition) is 1. The Morgan fingerprint density at radius 3 is 3.20 bits per heavy atom. The number of benzene rings is 1. The lowest BCUT2D eigenvalue weighted by atomic mass is 10.1. The predicted octanol–water partition coefficient (Wildman–Crippen LogP) is 2.58. The minimum absolute atomic E-state index is 0.300. The lowest BCUT2D eigenvalue weighted by Gasteiger charge is -2.07. The van der Waals surface area contributed by atoms with E-state index in [4.69, 9.17) is 9.26 Å². The molecule has 1 atom stereocenters. The molecule has 1 N–H and O–H groups in total. The van der Waals surface area contributed by atoms with Crippen LogP contribution in [-0.4, -0.2) is 15.2 Å². The molecule has 3 rings (SSSR count). The highest BCUT2D eigenvalue weighted by Crippen LogP contribution is 2.33. The minimum atomic E-state index is -0.326. The summed E-state index contributed by atoms with van der Waals surface area (Å²) in [6, 6.07) is 5.79. The Morgan fingerprint density at radius 2 is 2.35 bits per heavy atom. The van der Waals surface area contributed by atoms with Gasteiger partial charge in [-0.2, -0.15) is 4.98 Å². The van der Waals surface area contributed by atoms with Crippen LogP contribution in [0.25, 0.3) is 0 Å². The molecule has 20 heavy (non-hydrogen) atoms. The van der Waals surface area contributed by atoms with Gasteiger partial charge in [-0.25, -0.2) is 0 Å². The van der Waals surface area contributed by atoms with Gasteiger partial charge in [-0.15, -0.1) is 0 Å². The molecule has 1 aromatic carbocycles. The SMILES string of the molecule is CCCc1nc(COc2ccc3c(c2)CC[C@@H]3O)no1. The van der Waals surface area contributed by atoms with Crippen molar-refractivity contribution in [2.75, 3.05) is 0 Å². The number of aryl methyl sites for hydroxylation is 2. The van der Waals surface area contributed by atoms with Crippen molar-refractivity contribution in [3.63, 3.8) is 0 Å². The van der Waals surface area contributed by atoms with Gasteiger partial charge in [0, 0.05) is 6.42 Å². The first-order valence-electron chi connectivity index (χ1n) is 7.01. The van der Waals surface area contributed by atoms with E-state index in [9.17, 15) is 5.11 Å². The molecule has 0 saturated heterocycles. The molecule has 5 nitrogen and oxygen atoms in total. The summed E-state index contributed by atoms with van der Waals surface area (Å²) in [6.07, 6.45) is 3.15. The van der Waals surface area contributed by atoms with Crippen LogP contribution in [0.2, 0.25) is 0 Å². The van der Waals surface area contributed by atoms with Crippen LogP contribution in [0, 0.1) is 0 Å². The van der Waals surface area contributed by atoms with Gasteiger partial charge >= 0.3 is 0 Å². The van der Waals surface area contributed by atoms with Gasteiger partial charge in [0.05, 0.1) is 6.10 Å². The molecule has 1 aliphatic carbocycles. The van der Waals surface area contributed by atoms with Crippen LogP contribution in [0.1, 0.15) is 48.7 Å². The molecule has 0 unspecified atom stereocenters. The molecule has 1 aromatic heterocycles. The van der Waals surface area contributed by atoms with E-state index in [0.717, 1.165) is 42.6 Å². The third-order valence-electron chi connectivity index (χ3n) is 3.50. The first kappa shape index (κ1) is 13.1. The third kappa shape index (κ3) is 2.67. The van der Waals surface area contributed by atoms with Crippen molar-refractivity contribution in [3.05, 3.63) is 41.0 Å².